The average Bonchev–Trinajstić information content (AvgIpc) is 2.36. The molecule has 0 saturated heterocycles. The predicted octanol–water partition coefficient (Wildman–Crippen LogP) is 1.25. The van der Waals surface area contributed by atoms with Gasteiger partial charge in [0.05, 0.1) is 11.8 Å². The summed E-state index contributed by atoms with van der Waals surface area (Å²) in [5.74, 6) is -0.479. The number of amides is 1. The molecule has 1 amide bonds. The van der Waals surface area contributed by atoms with Gasteiger partial charge < -0.3 is 4.42 Å². The van der Waals surface area contributed by atoms with Gasteiger partial charge in [-0.2, -0.15) is 5.26 Å². The van der Waals surface area contributed by atoms with Crippen LogP contribution in [0, 0.1) is 11.5 Å². The summed E-state index contributed by atoms with van der Waals surface area (Å²) < 4.78 is 5.10. The van der Waals surface area contributed by atoms with Crippen LogP contribution in [-0.4, -0.2) is 5.91 Å². The Hall–Kier alpha value is -1.28. The van der Waals surface area contributed by atoms with Crippen LogP contribution in [0.1, 0.15) is 10.4 Å². The fourth-order valence-electron chi connectivity index (χ4n) is 0.574. The van der Waals surface area contributed by atoms with Crippen molar-refractivity contribution in [3.8, 4) is 6.19 Å². The van der Waals surface area contributed by atoms with Crippen molar-refractivity contribution in [1.82, 2.24) is 5.32 Å². The van der Waals surface area contributed by atoms with Crippen LogP contribution < -0.4 is 5.32 Å². The molecule has 0 unspecified atom stereocenters. The van der Waals surface area contributed by atoms with Crippen LogP contribution in [0.4, 0.5) is 0 Å². The number of carbonyl (C=O) groups is 1. The standard InChI is InChI=1S/C6H3BrN2O2/c7-5-4(1-2-11-5)6(10)9-3-8/h1-2H,(H,9,10). The number of nitrogens with one attached hydrogen (secondary N) is 1. The van der Waals surface area contributed by atoms with E-state index in [1.54, 1.807) is 0 Å². The van der Waals surface area contributed by atoms with Crippen molar-refractivity contribution < 1.29 is 9.21 Å². The zero-order chi connectivity index (χ0) is 8.27. The van der Waals surface area contributed by atoms with E-state index in [1.165, 1.54) is 18.5 Å². The first kappa shape index (κ1) is 7.82. The fraction of sp³-hybridized carbons (Fsp3) is 0. The van der Waals surface area contributed by atoms with Crippen molar-refractivity contribution in [3.05, 3.63) is 22.6 Å². The number of halogens is 1. The van der Waals surface area contributed by atoms with Gasteiger partial charge in [0, 0.05) is 0 Å². The Labute approximate surface area is 70.9 Å². The molecule has 1 aromatic rings. The van der Waals surface area contributed by atoms with Crippen LogP contribution in [0.2, 0.25) is 0 Å². The molecule has 0 aliphatic heterocycles. The SMILES string of the molecule is N#CNC(=O)c1ccoc1Br. The molecule has 0 aromatic carbocycles. The van der Waals surface area contributed by atoms with Gasteiger partial charge in [-0.05, 0) is 22.0 Å². The highest BCUT2D eigenvalue weighted by molar-refractivity contribution is 9.10. The normalized spacial score (nSPS) is 8.73. The van der Waals surface area contributed by atoms with Gasteiger partial charge in [0.25, 0.3) is 5.91 Å². The number of nitrogens with zero attached hydrogens (tertiary/aromatic N) is 1. The van der Waals surface area contributed by atoms with Gasteiger partial charge in [0.2, 0.25) is 0 Å². The molecular formula is C6H3BrN2O2. The molecule has 5 heteroatoms. The molecule has 1 N–H and O–H groups in total. The highest BCUT2D eigenvalue weighted by Gasteiger charge is 2.10. The summed E-state index contributed by atoms with van der Waals surface area (Å²) in [5.41, 5.74) is 0.312. The van der Waals surface area contributed by atoms with Gasteiger partial charge >= 0.3 is 0 Å². The molecule has 1 aromatic heterocycles. The summed E-state index contributed by atoms with van der Waals surface area (Å²) in [7, 11) is 0. The second-order valence-corrected chi connectivity index (χ2v) is 2.39. The van der Waals surface area contributed by atoms with E-state index in [-0.39, 0.29) is 0 Å². The van der Waals surface area contributed by atoms with E-state index >= 15 is 0 Å². The molecule has 0 atom stereocenters. The maximum atomic E-state index is 10.9. The first-order valence-electron chi connectivity index (χ1n) is 2.68. The Morgan fingerprint density at radius 2 is 2.55 bits per heavy atom. The zero-order valence-electron chi connectivity index (χ0n) is 5.30. The molecule has 11 heavy (non-hydrogen) atoms. The number of furan rings is 1. The summed E-state index contributed by atoms with van der Waals surface area (Å²) >= 11 is 3.00. The number of rotatable bonds is 1. The predicted molar refractivity (Wildman–Crippen MR) is 39.5 cm³/mol. The average molecular weight is 215 g/mol. The van der Waals surface area contributed by atoms with Crippen LogP contribution in [0.3, 0.4) is 0 Å². The number of hydrogen-bond acceptors (Lipinski definition) is 3. The van der Waals surface area contributed by atoms with E-state index < -0.39 is 5.91 Å². The van der Waals surface area contributed by atoms with Crippen molar-refractivity contribution in [2.45, 2.75) is 0 Å². The summed E-state index contributed by atoms with van der Waals surface area (Å²) in [4.78, 5) is 10.9. The molecule has 0 fully saturated rings. The Morgan fingerprint density at radius 3 is 3.00 bits per heavy atom. The lowest BCUT2D eigenvalue weighted by Crippen LogP contribution is -2.16. The third-order valence-electron chi connectivity index (χ3n) is 1.03. The minimum absolute atomic E-state index is 0.312. The first-order valence-corrected chi connectivity index (χ1v) is 3.47. The van der Waals surface area contributed by atoms with Gasteiger partial charge in [0.15, 0.2) is 10.9 Å². The van der Waals surface area contributed by atoms with Crippen LogP contribution in [-0.2, 0) is 0 Å². The van der Waals surface area contributed by atoms with Crippen molar-refractivity contribution in [3.63, 3.8) is 0 Å². The van der Waals surface area contributed by atoms with E-state index in [0.29, 0.717) is 10.2 Å². The molecule has 1 heterocycles. The van der Waals surface area contributed by atoms with E-state index in [1.807, 2.05) is 5.32 Å². The lowest BCUT2D eigenvalue weighted by molar-refractivity contribution is 0.0971. The van der Waals surface area contributed by atoms with Crippen LogP contribution in [0.25, 0.3) is 0 Å². The lowest BCUT2D eigenvalue weighted by Gasteiger charge is -1.90. The summed E-state index contributed by atoms with van der Waals surface area (Å²) in [6, 6.07) is 1.47. The van der Waals surface area contributed by atoms with Crippen LogP contribution in [0.5, 0.6) is 0 Å². The lowest BCUT2D eigenvalue weighted by atomic mass is 10.3. The quantitative estimate of drug-likeness (QED) is 0.566. The van der Waals surface area contributed by atoms with Gasteiger partial charge in [-0.3, -0.25) is 10.1 Å². The van der Waals surface area contributed by atoms with Gasteiger partial charge in [-0.25, -0.2) is 0 Å². The van der Waals surface area contributed by atoms with Crippen LogP contribution in [0.15, 0.2) is 21.4 Å². The zero-order valence-corrected chi connectivity index (χ0v) is 6.88. The molecule has 1 rings (SSSR count). The number of carbonyl (C=O) groups excluding carboxylic acids is 1. The third-order valence-corrected chi connectivity index (χ3v) is 1.65. The molecular weight excluding hydrogens is 212 g/mol. The highest BCUT2D eigenvalue weighted by atomic mass is 79.9. The Morgan fingerprint density at radius 1 is 1.82 bits per heavy atom. The van der Waals surface area contributed by atoms with E-state index in [2.05, 4.69) is 15.9 Å². The number of nitriles is 1. The molecule has 0 radical (unpaired) electrons. The monoisotopic (exact) mass is 214 g/mol. The second-order valence-electron chi connectivity index (χ2n) is 1.67. The van der Waals surface area contributed by atoms with Gasteiger partial charge in [-0.1, -0.05) is 0 Å². The maximum absolute atomic E-state index is 10.9. The fourth-order valence-corrected chi connectivity index (χ4v) is 0.994. The van der Waals surface area contributed by atoms with E-state index in [0.717, 1.165) is 0 Å². The molecule has 56 valence electrons. The summed E-state index contributed by atoms with van der Waals surface area (Å²) in [6.07, 6.45) is 2.88. The minimum Gasteiger partial charge on any atom is -0.457 e. The highest BCUT2D eigenvalue weighted by Crippen LogP contribution is 2.16. The summed E-state index contributed by atoms with van der Waals surface area (Å²) in [6.45, 7) is 0. The largest absolute Gasteiger partial charge is 0.457 e. The Kier molecular flexibility index (Phi) is 2.28. The summed E-state index contributed by atoms with van der Waals surface area (Å²) in [5, 5.41) is 10.1. The molecule has 0 aliphatic rings. The molecule has 4 nitrogen and oxygen atoms in total. The van der Waals surface area contributed by atoms with Crippen molar-refractivity contribution in [2.24, 2.45) is 0 Å². The minimum atomic E-state index is -0.479. The molecule has 0 aliphatic carbocycles. The second kappa shape index (κ2) is 3.21. The molecule has 0 bridgehead atoms. The van der Waals surface area contributed by atoms with Crippen molar-refractivity contribution in [1.29, 1.82) is 5.26 Å². The van der Waals surface area contributed by atoms with Crippen LogP contribution >= 0.6 is 15.9 Å². The number of hydrogen-bond donors (Lipinski definition) is 1. The van der Waals surface area contributed by atoms with E-state index in [9.17, 15) is 4.79 Å². The first-order chi connectivity index (χ1) is 5.25. The Balaban J connectivity index is 2.86. The van der Waals surface area contributed by atoms with Gasteiger partial charge in [0.1, 0.15) is 0 Å². The topological polar surface area (TPSA) is 66.0 Å². The van der Waals surface area contributed by atoms with Crippen molar-refractivity contribution >= 4 is 21.8 Å². The van der Waals surface area contributed by atoms with Gasteiger partial charge in [-0.15, -0.1) is 0 Å². The Bertz CT molecular complexity index is 313. The smallest absolute Gasteiger partial charge is 0.268 e. The maximum Gasteiger partial charge on any atom is 0.268 e. The molecule has 0 saturated carbocycles. The van der Waals surface area contributed by atoms with E-state index in [4.69, 9.17) is 9.68 Å². The third kappa shape index (κ3) is 1.59. The molecule has 0 spiro atoms. The van der Waals surface area contributed by atoms with Crippen molar-refractivity contribution in [2.75, 3.05) is 0 Å².